The van der Waals surface area contributed by atoms with Gasteiger partial charge in [0.2, 0.25) is 0 Å². The van der Waals surface area contributed by atoms with Crippen molar-refractivity contribution in [2.45, 2.75) is 0 Å². The zero-order chi connectivity index (χ0) is 10.9. The van der Waals surface area contributed by atoms with Crippen LogP contribution in [0.5, 0.6) is 0 Å². The molecule has 0 radical (unpaired) electrons. The lowest BCUT2D eigenvalue weighted by atomic mass is 10.2. The van der Waals surface area contributed by atoms with Crippen LogP contribution in [0.3, 0.4) is 0 Å². The molecular weight excluding hydrogens is 225 g/mol. The van der Waals surface area contributed by atoms with Crippen LogP contribution < -0.4 is 16.4 Å². The van der Waals surface area contributed by atoms with Crippen LogP contribution in [0.15, 0.2) is 12.1 Å². The molecular formula is C8H9Cl2N3O. The Kier molecular flexibility index (Phi) is 3.08. The first-order valence-electron chi connectivity index (χ1n) is 3.71. The summed E-state index contributed by atoms with van der Waals surface area (Å²) in [7, 11) is 1.50. The van der Waals surface area contributed by atoms with Crippen LogP contribution in [0.1, 0.15) is 0 Å². The van der Waals surface area contributed by atoms with E-state index in [4.69, 9.17) is 34.7 Å². The maximum Gasteiger partial charge on any atom is 0.319 e. The Morgan fingerprint density at radius 3 is 2.43 bits per heavy atom. The largest absolute Gasteiger partial charge is 0.397 e. The first-order valence-corrected chi connectivity index (χ1v) is 4.46. The van der Waals surface area contributed by atoms with Gasteiger partial charge in [-0.2, -0.15) is 0 Å². The van der Waals surface area contributed by atoms with E-state index in [1.807, 2.05) is 0 Å². The molecule has 1 rings (SSSR count). The third-order valence-electron chi connectivity index (χ3n) is 1.76. The molecule has 1 aromatic carbocycles. The molecule has 0 saturated heterocycles. The maximum absolute atomic E-state index is 10.9. The molecule has 0 atom stereocenters. The zero-order valence-electron chi connectivity index (χ0n) is 7.42. The minimum Gasteiger partial charge on any atom is -0.397 e. The molecule has 0 spiro atoms. The number of amides is 2. The average Bonchev–Trinajstić information content (AvgIpc) is 2.10. The van der Waals surface area contributed by atoms with E-state index >= 15 is 0 Å². The van der Waals surface area contributed by atoms with Crippen LogP contribution in [0.2, 0.25) is 10.0 Å². The van der Waals surface area contributed by atoms with E-state index in [0.717, 1.165) is 0 Å². The molecule has 1 aromatic rings. The van der Waals surface area contributed by atoms with Crippen molar-refractivity contribution in [3.8, 4) is 0 Å². The Morgan fingerprint density at radius 2 is 1.93 bits per heavy atom. The summed E-state index contributed by atoms with van der Waals surface area (Å²) in [6, 6.07) is 2.34. The lowest BCUT2D eigenvalue weighted by Gasteiger charge is -2.16. The van der Waals surface area contributed by atoms with Crippen LogP contribution in [-0.2, 0) is 0 Å². The smallest absolute Gasteiger partial charge is 0.319 e. The third kappa shape index (κ3) is 2.02. The fourth-order valence-corrected chi connectivity index (χ4v) is 1.38. The van der Waals surface area contributed by atoms with Gasteiger partial charge in [0.1, 0.15) is 0 Å². The number of benzene rings is 1. The number of rotatable bonds is 1. The Labute approximate surface area is 91.4 Å². The highest BCUT2D eigenvalue weighted by Gasteiger charge is 2.12. The first-order chi connectivity index (χ1) is 6.43. The van der Waals surface area contributed by atoms with Crippen LogP contribution in [0.25, 0.3) is 0 Å². The number of hydrogen-bond donors (Lipinski definition) is 2. The topological polar surface area (TPSA) is 72.3 Å². The number of urea groups is 1. The number of nitrogen functional groups attached to an aromatic ring is 1. The quantitative estimate of drug-likeness (QED) is 0.730. The average molecular weight is 234 g/mol. The summed E-state index contributed by atoms with van der Waals surface area (Å²) in [6.07, 6.45) is 0. The maximum atomic E-state index is 10.9. The molecule has 76 valence electrons. The summed E-state index contributed by atoms with van der Waals surface area (Å²) >= 11 is 11.6. The van der Waals surface area contributed by atoms with E-state index in [9.17, 15) is 4.79 Å². The highest BCUT2D eigenvalue weighted by atomic mass is 35.5. The normalized spacial score (nSPS) is 9.93. The van der Waals surface area contributed by atoms with Crippen molar-refractivity contribution in [1.82, 2.24) is 0 Å². The molecule has 0 bridgehead atoms. The monoisotopic (exact) mass is 233 g/mol. The Bertz CT molecular complexity index is 381. The van der Waals surface area contributed by atoms with E-state index in [1.165, 1.54) is 24.1 Å². The SMILES string of the molecule is CN(C(N)=O)c1cc(Cl)c(N)cc1Cl. The summed E-state index contributed by atoms with van der Waals surface area (Å²) in [6.45, 7) is 0. The van der Waals surface area contributed by atoms with Gasteiger partial charge in [-0.3, -0.25) is 4.90 Å². The van der Waals surface area contributed by atoms with Gasteiger partial charge in [0.05, 0.1) is 21.4 Å². The van der Waals surface area contributed by atoms with Crippen molar-refractivity contribution in [3.63, 3.8) is 0 Å². The van der Waals surface area contributed by atoms with Gasteiger partial charge >= 0.3 is 6.03 Å². The van der Waals surface area contributed by atoms with Gasteiger partial charge in [0.15, 0.2) is 0 Å². The number of nitrogens with two attached hydrogens (primary N) is 2. The Balaban J connectivity index is 3.22. The number of carbonyl (C=O) groups is 1. The summed E-state index contributed by atoms with van der Waals surface area (Å²) in [4.78, 5) is 12.1. The molecule has 4 nitrogen and oxygen atoms in total. The molecule has 2 amide bonds. The fourth-order valence-electron chi connectivity index (χ4n) is 0.927. The van der Waals surface area contributed by atoms with E-state index in [2.05, 4.69) is 0 Å². The molecule has 0 unspecified atom stereocenters. The van der Waals surface area contributed by atoms with Gasteiger partial charge < -0.3 is 11.5 Å². The molecule has 0 aliphatic heterocycles. The highest BCUT2D eigenvalue weighted by Crippen LogP contribution is 2.32. The van der Waals surface area contributed by atoms with E-state index in [-0.39, 0.29) is 0 Å². The second-order valence-corrected chi connectivity index (χ2v) is 3.54. The van der Waals surface area contributed by atoms with E-state index in [1.54, 1.807) is 0 Å². The summed E-state index contributed by atoms with van der Waals surface area (Å²) in [5.74, 6) is 0. The van der Waals surface area contributed by atoms with Gasteiger partial charge in [0.25, 0.3) is 0 Å². The molecule has 14 heavy (non-hydrogen) atoms. The number of nitrogens with zero attached hydrogens (tertiary/aromatic N) is 1. The van der Waals surface area contributed by atoms with Gasteiger partial charge in [-0.05, 0) is 12.1 Å². The minimum absolute atomic E-state index is 0.327. The van der Waals surface area contributed by atoms with Crippen LogP contribution in [0.4, 0.5) is 16.2 Å². The van der Waals surface area contributed by atoms with Crippen LogP contribution in [-0.4, -0.2) is 13.1 Å². The summed E-state index contributed by atoms with van der Waals surface area (Å²) in [5, 5.41) is 0.658. The fraction of sp³-hybridized carbons (Fsp3) is 0.125. The predicted molar refractivity (Wildman–Crippen MR) is 58.9 cm³/mol. The Hall–Kier alpha value is -1.13. The number of anilines is 2. The van der Waals surface area contributed by atoms with Crippen molar-refractivity contribution in [2.24, 2.45) is 5.73 Å². The number of carbonyl (C=O) groups excluding carboxylic acids is 1. The van der Waals surface area contributed by atoms with Crippen LogP contribution in [0, 0.1) is 0 Å². The van der Waals surface area contributed by atoms with Gasteiger partial charge in [0, 0.05) is 7.05 Å². The summed E-state index contributed by atoms with van der Waals surface area (Å²) < 4.78 is 0. The molecule has 0 aliphatic rings. The lowest BCUT2D eigenvalue weighted by molar-refractivity contribution is 0.255. The Morgan fingerprint density at radius 1 is 1.36 bits per heavy atom. The van der Waals surface area contributed by atoms with E-state index < -0.39 is 6.03 Å². The number of hydrogen-bond acceptors (Lipinski definition) is 2. The van der Waals surface area contributed by atoms with E-state index in [0.29, 0.717) is 21.4 Å². The summed E-state index contributed by atoms with van der Waals surface area (Å²) in [5.41, 5.74) is 11.4. The van der Waals surface area contributed by atoms with Crippen LogP contribution >= 0.6 is 23.2 Å². The van der Waals surface area contributed by atoms with Crippen molar-refractivity contribution >= 4 is 40.6 Å². The highest BCUT2D eigenvalue weighted by molar-refractivity contribution is 6.37. The molecule has 0 aromatic heterocycles. The molecule has 4 N–H and O–H groups in total. The number of primary amides is 1. The van der Waals surface area contributed by atoms with Crippen molar-refractivity contribution in [3.05, 3.63) is 22.2 Å². The van der Waals surface area contributed by atoms with Gasteiger partial charge in [-0.15, -0.1) is 0 Å². The molecule has 0 fully saturated rings. The second kappa shape index (κ2) is 3.94. The van der Waals surface area contributed by atoms with Gasteiger partial charge in [-0.25, -0.2) is 4.79 Å². The molecule has 0 saturated carbocycles. The standard InChI is InChI=1S/C8H9Cl2N3O/c1-13(8(12)14)7-3-4(9)6(11)2-5(7)10/h2-3H,11H2,1H3,(H2,12,14). The predicted octanol–water partition coefficient (Wildman–Crippen LogP) is 2.09. The first kappa shape index (κ1) is 10.9. The third-order valence-corrected chi connectivity index (χ3v) is 2.39. The van der Waals surface area contributed by atoms with Crippen molar-refractivity contribution in [2.75, 3.05) is 17.7 Å². The van der Waals surface area contributed by atoms with Crippen molar-refractivity contribution < 1.29 is 4.79 Å². The number of halogens is 2. The molecule has 0 aliphatic carbocycles. The zero-order valence-corrected chi connectivity index (χ0v) is 8.93. The molecule has 6 heteroatoms. The molecule has 0 heterocycles. The lowest BCUT2D eigenvalue weighted by Crippen LogP contribution is -2.31. The van der Waals surface area contributed by atoms with Crippen molar-refractivity contribution in [1.29, 1.82) is 0 Å². The van der Waals surface area contributed by atoms with Gasteiger partial charge in [-0.1, -0.05) is 23.2 Å². The minimum atomic E-state index is -0.618. The second-order valence-electron chi connectivity index (χ2n) is 2.72.